The molecule has 188 valence electrons. The minimum Gasteiger partial charge on any atom is -0.457 e. The Morgan fingerprint density at radius 1 is 1.03 bits per heavy atom. The summed E-state index contributed by atoms with van der Waals surface area (Å²) in [5.74, 6) is -3.23. The van der Waals surface area contributed by atoms with Gasteiger partial charge in [0.2, 0.25) is 17.6 Å². The maximum Gasteiger partial charge on any atom is 0.379 e. The van der Waals surface area contributed by atoms with Crippen LogP contribution in [0.25, 0.3) is 0 Å². The van der Waals surface area contributed by atoms with Gasteiger partial charge in [-0.25, -0.2) is 9.59 Å². The van der Waals surface area contributed by atoms with Crippen LogP contribution in [0.15, 0.2) is 47.1 Å². The van der Waals surface area contributed by atoms with Crippen molar-refractivity contribution < 1.29 is 37.9 Å². The largest absolute Gasteiger partial charge is 0.457 e. The van der Waals surface area contributed by atoms with E-state index in [-0.39, 0.29) is 50.4 Å². The fourth-order valence-corrected chi connectivity index (χ4v) is 7.33. The number of nitrogens with zero attached hydrogens (tertiary/aromatic N) is 1. The molecule has 7 unspecified atom stereocenters. The Morgan fingerprint density at radius 3 is 2.19 bits per heavy atom. The number of carbonyl (C=O) groups is 5. The molecule has 36 heavy (non-hydrogen) atoms. The van der Waals surface area contributed by atoms with E-state index >= 15 is 0 Å². The summed E-state index contributed by atoms with van der Waals surface area (Å²) in [7, 11) is 0. The Labute approximate surface area is 222 Å². The minimum absolute atomic E-state index is 0.0388. The highest BCUT2D eigenvalue weighted by Crippen LogP contribution is 2.60. The summed E-state index contributed by atoms with van der Waals surface area (Å²) in [5.41, 5.74) is 0.236. The molecule has 2 aliphatic carbocycles. The minimum atomic E-state index is -1.13. The summed E-state index contributed by atoms with van der Waals surface area (Å²) in [6.07, 6.45) is 2.14. The first kappa shape index (κ1) is 24.9. The lowest BCUT2D eigenvalue weighted by Gasteiger charge is -2.28. The summed E-state index contributed by atoms with van der Waals surface area (Å²) >= 11 is 7.26. The van der Waals surface area contributed by atoms with Gasteiger partial charge in [0.05, 0.1) is 18.1 Å². The topological polar surface area (TPSA) is 120 Å². The molecule has 7 atom stereocenters. The summed E-state index contributed by atoms with van der Waals surface area (Å²) < 4.78 is 15.3. The Balaban J connectivity index is 1.17. The number of furan rings is 1. The zero-order valence-electron chi connectivity index (χ0n) is 19.0. The van der Waals surface area contributed by atoms with E-state index in [2.05, 4.69) is 31.9 Å². The van der Waals surface area contributed by atoms with Gasteiger partial charge < -0.3 is 13.9 Å². The highest BCUT2D eigenvalue weighted by molar-refractivity contribution is 9.12. The summed E-state index contributed by atoms with van der Waals surface area (Å²) in [5, 5.41) is 0. The first-order valence-electron chi connectivity index (χ1n) is 11.4. The molecule has 1 aromatic carbocycles. The number of halogens is 2. The van der Waals surface area contributed by atoms with Crippen LogP contribution in [0.4, 0.5) is 0 Å². The lowest BCUT2D eigenvalue weighted by atomic mass is 9.81. The van der Waals surface area contributed by atoms with Gasteiger partial charge in [0.1, 0.15) is 11.8 Å². The van der Waals surface area contributed by atoms with Gasteiger partial charge in [-0.3, -0.25) is 19.3 Å². The number of ketones is 1. The van der Waals surface area contributed by atoms with E-state index in [1.165, 1.54) is 43.5 Å². The van der Waals surface area contributed by atoms with Crippen LogP contribution in [-0.2, 0) is 19.1 Å². The molecule has 9 nitrogen and oxygen atoms in total. The van der Waals surface area contributed by atoms with Gasteiger partial charge in [-0.2, -0.15) is 0 Å². The number of fused-ring (bicyclic) bond motifs is 5. The normalized spacial score (nSPS) is 29.2. The quantitative estimate of drug-likeness (QED) is 0.152. The molecule has 5 rings (SSSR count). The summed E-state index contributed by atoms with van der Waals surface area (Å²) in [6, 6.07) is 7.62. The number of ether oxygens (including phenoxy) is 2. The van der Waals surface area contributed by atoms with Crippen molar-refractivity contribution in [3.8, 4) is 5.75 Å². The van der Waals surface area contributed by atoms with Gasteiger partial charge in [0, 0.05) is 15.2 Å². The lowest BCUT2D eigenvalue weighted by molar-refractivity contribution is -0.157. The summed E-state index contributed by atoms with van der Waals surface area (Å²) in [6.45, 7) is 0.876. The second-order valence-electron chi connectivity index (χ2n) is 9.15. The van der Waals surface area contributed by atoms with Crippen molar-refractivity contribution in [1.29, 1.82) is 0 Å². The van der Waals surface area contributed by atoms with Gasteiger partial charge in [-0.15, -0.1) is 0 Å². The van der Waals surface area contributed by atoms with Crippen molar-refractivity contribution in [3.63, 3.8) is 0 Å². The maximum atomic E-state index is 13.1. The van der Waals surface area contributed by atoms with E-state index in [0.717, 1.165) is 11.3 Å². The van der Waals surface area contributed by atoms with Crippen molar-refractivity contribution in [2.24, 2.45) is 23.7 Å². The number of hydrogen-bond acceptors (Lipinski definition) is 8. The van der Waals surface area contributed by atoms with Crippen molar-refractivity contribution in [2.45, 2.75) is 29.0 Å². The molecule has 2 saturated carbocycles. The van der Waals surface area contributed by atoms with Crippen LogP contribution in [0.3, 0.4) is 0 Å². The smallest absolute Gasteiger partial charge is 0.379 e. The van der Waals surface area contributed by atoms with Crippen LogP contribution in [0.2, 0.25) is 0 Å². The van der Waals surface area contributed by atoms with Gasteiger partial charge in [-0.05, 0) is 61.6 Å². The monoisotopic (exact) mass is 621 g/mol. The number of hydrogen-bond donors (Lipinski definition) is 0. The zero-order chi connectivity index (χ0) is 25.7. The highest BCUT2D eigenvalue weighted by atomic mass is 79.9. The number of rotatable bonds is 7. The molecular weight excluding hydrogens is 602 g/mol. The number of carbonyl (C=O) groups excluding carboxylic acids is 5. The van der Waals surface area contributed by atoms with Crippen molar-refractivity contribution in [1.82, 2.24) is 4.90 Å². The molecule has 3 aliphatic rings. The molecule has 2 bridgehead atoms. The number of imide groups is 1. The molecular formula is C25H21Br2NO8. The third-order valence-electron chi connectivity index (χ3n) is 7.20. The van der Waals surface area contributed by atoms with E-state index in [4.69, 9.17) is 13.9 Å². The molecule has 2 amide bonds. The van der Waals surface area contributed by atoms with Gasteiger partial charge in [-0.1, -0.05) is 31.9 Å². The van der Waals surface area contributed by atoms with E-state index in [1.54, 1.807) is 6.07 Å². The Morgan fingerprint density at radius 2 is 1.64 bits per heavy atom. The van der Waals surface area contributed by atoms with Gasteiger partial charge >= 0.3 is 11.9 Å². The van der Waals surface area contributed by atoms with Crippen molar-refractivity contribution >= 4 is 61.4 Å². The molecule has 1 aromatic heterocycles. The fraction of sp³-hybridized carbons (Fsp3) is 0.400. The maximum absolute atomic E-state index is 13.1. The number of likely N-dealkylation sites (tertiary alicyclic amines) is 1. The first-order chi connectivity index (χ1) is 17.2. The predicted molar refractivity (Wildman–Crippen MR) is 131 cm³/mol. The molecule has 0 N–H and O–H groups in total. The van der Waals surface area contributed by atoms with E-state index in [0.29, 0.717) is 0 Å². The van der Waals surface area contributed by atoms with Gasteiger partial charge in [0.25, 0.3) is 0 Å². The number of amides is 2. The molecule has 2 aromatic rings. The molecule has 1 aliphatic heterocycles. The van der Waals surface area contributed by atoms with Crippen LogP contribution < -0.4 is 4.74 Å². The summed E-state index contributed by atoms with van der Waals surface area (Å²) in [4.78, 5) is 64.5. The number of esters is 2. The first-order valence-corrected chi connectivity index (χ1v) is 13.2. The second-order valence-corrected chi connectivity index (χ2v) is 11.3. The SMILES string of the molecule is CC(C(=O)OCC(=O)c1ccc(OC(=O)c2ccco2)cc1)N1C(=O)C2C3CC(C(Br)C3Br)C2C1=O. The number of Topliss-reactive ketones (excluding diaryl/α,β-unsaturated/α-hetero) is 1. The van der Waals surface area contributed by atoms with Crippen molar-refractivity contribution in [3.05, 3.63) is 54.0 Å². The Kier molecular flexibility index (Phi) is 6.63. The molecule has 0 spiro atoms. The lowest BCUT2D eigenvalue weighted by Crippen LogP contribution is -2.45. The van der Waals surface area contributed by atoms with Crippen molar-refractivity contribution in [2.75, 3.05) is 6.61 Å². The third kappa shape index (κ3) is 4.11. The highest BCUT2D eigenvalue weighted by Gasteiger charge is 2.67. The number of benzene rings is 1. The second kappa shape index (κ2) is 9.59. The van der Waals surface area contributed by atoms with Crippen LogP contribution >= 0.6 is 31.9 Å². The zero-order valence-corrected chi connectivity index (χ0v) is 22.1. The third-order valence-corrected chi connectivity index (χ3v) is 10.4. The Hall–Kier alpha value is -2.79. The molecule has 2 heterocycles. The van der Waals surface area contributed by atoms with E-state index in [1.807, 2.05) is 0 Å². The van der Waals surface area contributed by atoms with E-state index < -0.39 is 42.2 Å². The molecule has 11 heteroatoms. The average molecular weight is 623 g/mol. The van der Waals surface area contributed by atoms with Crippen LogP contribution in [0.1, 0.15) is 34.3 Å². The predicted octanol–water partition coefficient (Wildman–Crippen LogP) is 3.39. The molecule has 1 saturated heterocycles. The van der Waals surface area contributed by atoms with Crippen LogP contribution in [0.5, 0.6) is 5.75 Å². The average Bonchev–Trinajstić information content (AvgIpc) is 3.63. The fourth-order valence-electron chi connectivity index (χ4n) is 5.46. The van der Waals surface area contributed by atoms with Gasteiger partial charge in [0.15, 0.2) is 12.4 Å². The molecule has 0 radical (unpaired) electrons. The Bertz CT molecular complexity index is 1200. The van der Waals surface area contributed by atoms with E-state index in [9.17, 15) is 24.0 Å². The standard InChI is InChI=1S/C25H21Br2NO8/c1-11(28-22(30)18-14-9-15(19(18)23(28)31)21(27)20(14)26)24(32)35-10-16(29)12-4-6-13(7-5-12)36-25(33)17-3-2-8-34-17/h2-8,11,14-15,18-21H,9-10H2,1H3. The van der Waals surface area contributed by atoms with Crippen LogP contribution in [-0.4, -0.2) is 56.7 Å². The number of alkyl halides is 2. The van der Waals surface area contributed by atoms with Crippen LogP contribution in [0, 0.1) is 23.7 Å². The molecule has 3 fully saturated rings.